The van der Waals surface area contributed by atoms with Crippen LogP contribution in [0.4, 0.5) is 0 Å². The van der Waals surface area contributed by atoms with E-state index in [1.807, 2.05) is 25.2 Å². The van der Waals surface area contributed by atoms with Crippen LogP contribution >= 0.6 is 11.6 Å². The molecule has 0 atom stereocenters. The molecule has 1 rings (SSSR count). The number of carbonyl (C=O) groups is 1. The Morgan fingerprint density at radius 2 is 1.86 bits per heavy atom. The van der Waals surface area contributed by atoms with Gasteiger partial charge in [-0.1, -0.05) is 55.4 Å². The molecule has 0 aromatic rings. The van der Waals surface area contributed by atoms with Gasteiger partial charge in [0.05, 0.1) is 0 Å². The molecule has 1 aliphatic rings. The molecule has 0 unspecified atom stereocenters. The average Bonchev–Trinajstić information content (AvgIpc) is 2.36. The van der Waals surface area contributed by atoms with Crippen LogP contribution in [0.5, 0.6) is 0 Å². The van der Waals surface area contributed by atoms with E-state index in [1.165, 1.54) is 42.1 Å². The van der Waals surface area contributed by atoms with Crippen molar-refractivity contribution in [2.45, 2.75) is 53.9 Å². The molecule has 120 valence electrons. The van der Waals surface area contributed by atoms with Gasteiger partial charge in [-0.15, -0.1) is 0 Å². The number of hydrogen-bond acceptors (Lipinski definition) is 1. The maximum absolute atomic E-state index is 10.7. The molecule has 0 N–H and O–H groups in total. The molecule has 0 spiro atoms. The maximum atomic E-state index is 10.7. The van der Waals surface area contributed by atoms with Crippen LogP contribution in [0.2, 0.25) is 0 Å². The molecule has 0 saturated heterocycles. The number of halogens is 1. The van der Waals surface area contributed by atoms with E-state index < -0.39 is 5.24 Å². The predicted octanol–water partition coefficient (Wildman–Crippen LogP) is 6.28. The molecule has 0 amide bonds. The van der Waals surface area contributed by atoms with Gasteiger partial charge in [0.25, 0.3) is 0 Å². The van der Waals surface area contributed by atoms with Gasteiger partial charge in [-0.2, -0.15) is 0 Å². The van der Waals surface area contributed by atoms with Crippen LogP contribution in [0.1, 0.15) is 53.9 Å². The van der Waals surface area contributed by atoms with E-state index in [2.05, 4.69) is 39.8 Å². The van der Waals surface area contributed by atoms with Crippen LogP contribution in [-0.2, 0) is 4.79 Å². The highest BCUT2D eigenvalue weighted by Gasteiger charge is 2.26. The lowest BCUT2D eigenvalue weighted by molar-refractivity contribution is -0.107. The molecule has 0 aromatic heterocycles. The Balaban J connectivity index is 2.79. The number of allylic oxidation sites excluding steroid dienone is 10. The first-order chi connectivity index (χ1) is 10.2. The zero-order chi connectivity index (χ0) is 16.8. The first-order valence-corrected chi connectivity index (χ1v) is 8.21. The Morgan fingerprint density at radius 1 is 1.18 bits per heavy atom. The SMILES string of the molecule is CC(C=CC1=C(C)CCCC1(C)C)=CC=C/C(C)=C\C(=O)Cl. The topological polar surface area (TPSA) is 17.1 Å². The quantitative estimate of drug-likeness (QED) is 0.331. The molecule has 0 heterocycles. The second-order valence-electron chi connectivity index (χ2n) is 6.73. The molecular weight excluding hydrogens is 292 g/mol. The van der Waals surface area contributed by atoms with E-state index in [0.29, 0.717) is 0 Å². The fourth-order valence-electron chi connectivity index (χ4n) is 2.86. The Kier molecular flexibility index (Phi) is 7.09. The van der Waals surface area contributed by atoms with Gasteiger partial charge in [0.15, 0.2) is 0 Å². The third-order valence-electron chi connectivity index (χ3n) is 4.11. The van der Waals surface area contributed by atoms with Gasteiger partial charge in [-0.05, 0) is 68.2 Å². The third-order valence-corrected chi connectivity index (χ3v) is 4.22. The monoisotopic (exact) mass is 318 g/mol. The van der Waals surface area contributed by atoms with Gasteiger partial charge in [-0.25, -0.2) is 0 Å². The van der Waals surface area contributed by atoms with Crippen molar-refractivity contribution in [3.05, 3.63) is 58.7 Å². The molecule has 0 aromatic carbocycles. The Morgan fingerprint density at radius 3 is 2.45 bits per heavy atom. The largest absolute Gasteiger partial charge is 0.276 e. The van der Waals surface area contributed by atoms with Crippen molar-refractivity contribution in [3.8, 4) is 0 Å². The average molecular weight is 319 g/mol. The normalized spacial score (nSPS) is 20.3. The lowest BCUT2D eigenvalue weighted by atomic mass is 9.72. The minimum Gasteiger partial charge on any atom is -0.276 e. The van der Waals surface area contributed by atoms with Crippen molar-refractivity contribution < 1.29 is 4.79 Å². The molecule has 1 aliphatic carbocycles. The van der Waals surface area contributed by atoms with E-state index in [1.54, 1.807) is 0 Å². The molecule has 0 saturated carbocycles. The summed E-state index contributed by atoms with van der Waals surface area (Å²) in [6, 6.07) is 0. The first kappa shape index (κ1) is 18.7. The van der Waals surface area contributed by atoms with E-state index in [9.17, 15) is 4.79 Å². The highest BCUT2D eigenvalue weighted by molar-refractivity contribution is 6.66. The molecule has 0 fully saturated rings. The van der Waals surface area contributed by atoms with Crippen LogP contribution in [0.25, 0.3) is 0 Å². The summed E-state index contributed by atoms with van der Waals surface area (Å²) in [5.74, 6) is 0. The summed E-state index contributed by atoms with van der Waals surface area (Å²) in [6.45, 7) is 10.8. The second kappa shape index (κ2) is 8.33. The highest BCUT2D eigenvalue weighted by atomic mass is 35.5. The predicted molar refractivity (Wildman–Crippen MR) is 97.0 cm³/mol. The minimum atomic E-state index is -0.440. The van der Waals surface area contributed by atoms with Crippen molar-refractivity contribution in [1.29, 1.82) is 0 Å². The van der Waals surface area contributed by atoms with Crippen LogP contribution in [0, 0.1) is 5.41 Å². The zero-order valence-corrected chi connectivity index (χ0v) is 15.1. The fourth-order valence-corrected chi connectivity index (χ4v) is 3.03. The summed E-state index contributed by atoms with van der Waals surface area (Å²) < 4.78 is 0. The molecule has 1 nitrogen and oxygen atoms in total. The summed E-state index contributed by atoms with van der Waals surface area (Å²) in [7, 11) is 0. The molecule has 0 bridgehead atoms. The van der Waals surface area contributed by atoms with Gasteiger partial charge in [0.2, 0.25) is 5.24 Å². The summed E-state index contributed by atoms with van der Waals surface area (Å²) in [4.78, 5) is 10.7. The lowest BCUT2D eigenvalue weighted by Crippen LogP contribution is -2.19. The smallest absolute Gasteiger partial charge is 0.245 e. The van der Waals surface area contributed by atoms with Crippen molar-refractivity contribution in [2.75, 3.05) is 0 Å². The Labute approximate surface area is 140 Å². The van der Waals surface area contributed by atoms with Crippen molar-refractivity contribution >= 4 is 16.8 Å². The van der Waals surface area contributed by atoms with Gasteiger partial charge in [0, 0.05) is 6.08 Å². The van der Waals surface area contributed by atoms with Crippen molar-refractivity contribution in [1.82, 2.24) is 0 Å². The standard InChI is InChI=1S/C20H27ClO/c1-15(8-6-9-16(2)14-19(21)22)11-12-18-17(3)10-7-13-20(18,4)5/h6,8-9,11-12,14H,7,10,13H2,1-5H3/b9-6?,12-11?,15-8?,16-14-. The van der Waals surface area contributed by atoms with Crippen LogP contribution < -0.4 is 0 Å². The molecule has 2 heteroatoms. The highest BCUT2D eigenvalue weighted by Crippen LogP contribution is 2.40. The number of rotatable bonds is 5. The molecule has 0 radical (unpaired) electrons. The van der Waals surface area contributed by atoms with Crippen LogP contribution in [-0.4, -0.2) is 5.24 Å². The number of carbonyl (C=O) groups excluding carboxylic acids is 1. The second-order valence-corrected chi connectivity index (χ2v) is 7.10. The van der Waals surface area contributed by atoms with E-state index in [0.717, 1.165) is 5.57 Å². The Hall–Kier alpha value is -1.34. The van der Waals surface area contributed by atoms with Crippen LogP contribution in [0.15, 0.2) is 58.7 Å². The van der Waals surface area contributed by atoms with Gasteiger partial charge < -0.3 is 0 Å². The number of hydrogen-bond donors (Lipinski definition) is 0. The molecular formula is C20H27ClO. The fraction of sp³-hybridized carbons (Fsp3) is 0.450. The van der Waals surface area contributed by atoms with E-state index in [4.69, 9.17) is 11.6 Å². The van der Waals surface area contributed by atoms with E-state index in [-0.39, 0.29) is 5.41 Å². The van der Waals surface area contributed by atoms with Gasteiger partial charge in [-0.3, -0.25) is 4.79 Å². The van der Waals surface area contributed by atoms with Crippen molar-refractivity contribution in [2.24, 2.45) is 5.41 Å². The minimum absolute atomic E-state index is 0.273. The first-order valence-electron chi connectivity index (χ1n) is 7.83. The lowest BCUT2D eigenvalue weighted by Gasteiger charge is -2.32. The summed E-state index contributed by atoms with van der Waals surface area (Å²) >= 11 is 5.31. The van der Waals surface area contributed by atoms with Gasteiger partial charge >= 0.3 is 0 Å². The van der Waals surface area contributed by atoms with Crippen molar-refractivity contribution in [3.63, 3.8) is 0 Å². The van der Waals surface area contributed by atoms with Crippen LogP contribution in [0.3, 0.4) is 0 Å². The molecule has 0 aliphatic heterocycles. The maximum Gasteiger partial charge on any atom is 0.245 e. The third kappa shape index (κ3) is 6.19. The summed E-state index contributed by atoms with van der Waals surface area (Å²) in [5.41, 5.74) is 5.28. The summed E-state index contributed by atoms with van der Waals surface area (Å²) in [6.07, 6.45) is 15.5. The molecule has 22 heavy (non-hydrogen) atoms. The summed E-state index contributed by atoms with van der Waals surface area (Å²) in [5, 5.41) is -0.440. The van der Waals surface area contributed by atoms with E-state index >= 15 is 0 Å². The van der Waals surface area contributed by atoms with Gasteiger partial charge in [0.1, 0.15) is 0 Å². The zero-order valence-electron chi connectivity index (χ0n) is 14.4. The Bertz CT molecular complexity index is 569.